The largest absolute Gasteiger partial charge is 0.508 e. The molecule has 0 saturated carbocycles. The van der Waals surface area contributed by atoms with E-state index in [1.165, 1.54) is 5.56 Å². The van der Waals surface area contributed by atoms with Crippen LogP contribution in [0.25, 0.3) is 0 Å². The second-order valence-corrected chi connectivity index (χ2v) is 3.52. The number of phenols is 1. The molecule has 2 rings (SSSR count). The fourth-order valence-corrected chi connectivity index (χ4v) is 1.79. The molecule has 13 heavy (non-hydrogen) atoms. The minimum Gasteiger partial charge on any atom is -0.508 e. The molecule has 70 valence electrons. The average molecular weight is 178 g/mol. The van der Waals surface area contributed by atoms with E-state index in [-0.39, 0.29) is 6.04 Å². The van der Waals surface area contributed by atoms with Crippen molar-refractivity contribution < 1.29 is 5.11 Å². The van der Waals surface area contributed by atoms with Crippen LogP contribution in [0.15, 0.2) is 24.3 Å². The zero-order valence-electron chi connectivity index (χ0n) is 7.40. The van der Waals surface area contributed by atoms with Crippen LogP contribution in [0, 0.1) is 0 Å². The number of nitrogens with two attached hydrogens (primary N) is 1. The molecule has 1 fully saturated rings. The minimum absolute atomic E-state index is 0.199. The van der Waals surface area contributed by atoms with E-state index in [2.05, 4.69) is 5.32 Å². The molecule has 0 amide bonds. The molecule has 0 unspecified atom stereocenters. The van der Waals surface area contributed by atoms with Crippen molar-refractivity contribution in [2.24, 2.45) is 5.73 Å². The summed E-state index contributed by atoms with van der Waals surface area (Å²) in [5.41, 5.74) is 7.13. The van der Waals surface area contributed by atoms with Crippen LogP contribution in [0.3, 0.4) is 0 Å². The summed E-state index contributed by atoms with van der Waals surface area (Å²) in [5.74, 6) is 0.698. The first-order chi connectivity index (χ1) is 6.27. The minimum atomic E-state index is 0.199. The summed E-state index contributed by atoms with van der Waals surface area (Å²) >= 11 is 0. The van der Waals surface area contributed by atoms with Crippen LogP contribution in [0.5, 0.6) is 5.75 Å². The number of hydrogen-bond acceptors (Lipinski definition) is 3. The summed E-state index contributed by atoms with van der Waals surface area (Å²) in [6.07, 6.45) is 0. The third-order valence-corrected chi connectivity index (χ3v) is 2.58. The van der Waals surface area contributed by atoms with Gasteiger partial charge in [0.15, 0.2) is 0 Å². The Morgan fingerprint density at radius 3 is 2.46 bits per heavy atom. The topological polar surface area (TPSA) is 58.3 Å². The van der Waals surface area contributed by atoms with E-state index in [0.29, 0.717) is 11.7 Å². The first-order valence-electron chi connectivity index (χ1n) is 4.52. The third kappa shape index (κ3) is 1.66. The highest BCUT2D eigenvalue weighted by molar-refractivity contribution is 5.30. The van der Waals surface area contributed by atoms with Crippen LogP contribution < -0.4 is 11.1 Å². The lowest BCUT2D eigenvalue weighted by Crippen LogP contribution is -2.27. The molecule has 4 N–H and O–H groups in total. The van der Waals surface area contributed by atoms with Gasteiger partial charge in [0.1, 0.15) is 5.75 Å². The summed E-state index contributed by atoms with van der Waals surface area (Å²) in [4.78, 5) is 0. The Labute approximate surface area is 77.6 Å². The van der Waals surface area contributed by atoms with Crippen molar-refractivity contribution in [2.45, 2.75) is 12.0 Å². The second kappa shape index (κ2) is 3.36. The van der Waals surface area contributed by atoms with E-state index in [4.69, 9.17) is 10.8 Å². The van der Waals surface area contributed by atoms with Gasteiger partial charge in [0.25, 0.3) is 0 Å². The van der Waals surface area contributed by atoms with Gasteiger partial charge in [-0.15, -0.1) is 0 Å². The molecule has 0 bridgehead atoms. The Kier molecular flexibility index (Phi) is 2.20. The highest BCUT2D eigenvalue weighted by atomic mass is 16.3. The zero-order valence-corrected chi connectivity index (χ0v) is 7.40. The first-order valence-corrected chi connectivity index (χ1v) is 4.52. The number of aromatic hydroxyl groups is 1. The Balaban J connectivity index is 2.20. The van der Waals surface area contributed by atoms with Crippen molar-refractivity contribution in [3.63, 3.8) is 0 Å². The number of nitrogens with one attached hydrogen (secondary N) is 1. The van der Waals surface area contributed by atoms with Crippen LogP contribution in [0.4, 0.5) is 0 Å². The molecule has 3 heteroatoms. The van der Waals surface area contributed by atoms with Gasteiger partial charge in [-0.25, -0.2) is 0 Å². The van der Waals surface area contributed by atoms with Crippen molar-refractivity contribution in [1.29, 1.82) is 0 Å². The Morgan fingerprint density at radius 1 is 1.23 bits per heavy atom. The van der Waals surface area contributed by atoms with Crippen molar-refractivity contribution >= 4 is 0 Å². The van der Waals surface area contributed by atoms with Gasteiger partial charge in [-0.2, -0.15) is 0 Å². The van der Waals surface area contributed by atoms with E-state index in [1.54, 1.807) is 12.1 Å². The summed E-state index contributed by atoms with van der Waals surface area (Å²) in [6.45, 7) is 1.82. The van der Waals surface area contributed by atoms with Crippen LogP contribution in [-0.2, 0) is 0 Å². The van der Waals surface area contributed by atoms with Gasteiger partial charge < -0.3 is 16.2 Å². The van der Waals surface area contributed by atoms with E-state index in [0.717, 1.165) is 13.1 Å². The smallest absolute Gasteiger partial charge is 0.115 e. The molecule has 3 nitrogen and oxygen atoms in total. The highest BCUT2D eigenvalue weighted by Gasteiger charge is 2.24. The lowest BCUT2D eigenvalue weighted by Gasteiger charge is -2.14. The van der Waals surface area contributed by atoms with E-state index in [1.807, 2.05) is 12.1 Å². The lowest BCUT2D eigenvalue weighted by atomic mass is 9.95. The third-order valence-electron chi connectivity index (χ3n) is 2.58. The molecule has 1 aromatic carbocycles. The Hall–Kier alpha value is -1.06. The van der Waals surface area contributed by atoms with Gasteiger partial charge in [-0.1, -0.05) is 12.1 Å². The second-order valence-electron chi connectivity index (χ2n) is 3.52. The lowest BCUT2D eigenvalue weighted by molar-refractivity contribution is 0.474. The van der Waals surface area contributed by atoms with Crippen LogP contribution in [-0.4, -0.2) is 24.2 Å². The maximum atomic E-state index is 9.12. The van der Waals surface area contributed by atoms with Gasteiger partial charge in [-0.3, -0.25) is 0 Å². The molecule has 1 aliphatic heterocycles. The predicted octanol–water partition coefficient (Wildman–Crippen LogP) is 0.406. The maximum absolute atomic E-state index is 9.12. The molecule has 0 aliphatic carbocycles. The highest BCUT2D eigenvalue weighted by Crippen LogP contribution is 2.23. The number of rotatable bonds is 1. The summed E-state index contributed by atoms with van der Waals surface area (Å²) in [7, 11) is 0. The van der Waals surface area contributed by atoms with Gasteiger partial charge in [0.2, 0.25) is 0 Å². The predicted molar refractivity (Wildman–Crippen MR) is 51.7 cm³/mol. The van der Waals surface area contributed by atoms with Gasteiger partial charge in [-0.05, 0) is 17.7 Å². The molecular weight excluding hydrogens is 164 g/mol. The average Bonchev–Trinajstić information content (AvgIpc) is 2.53. The summed E-state index contributed by atoms with van der Waals surface area (Å²) in [5, 5.41) is 12.4. The summed E-state index contributed by atoms with van der Waals surface area (Å²) in [6, 6.07) is 7.49. The number of benzene rings is 1. The van der Waals surface area contributed by atoms with E-state index < -0.39 is 0 Å². The molecule has 1 heterocycles. The molecule has 0 radical (unpaired) electrons. The van der Waals surface area contributed by atoms with Crippen LogP contribution in [0.2, 0.25) is 0 Å². The van der Waals surface area contributed by atoms with Gasteiger partial charge in [0, 0.05) is 25.0 Å². The monoisotopic (exact) mass is 178 g/mol. The van der Waals surface area contributed by atoms with Gasteiger partial charge in [0.05, 0.1) is 0 Å². The maximum Gasteiger partial charge on any atom is 0.115 e. The number of phenolic OH excluding ortho intramolecular Hbond substituents is 1. The molecule has 0 aromatic heterocycles. The molecule has 0 spiro atoms. The fourth-order valence-electron chi connectivity index (χ4n) is 1.79. The SMILES string of the molecule is N[C@H]1CNC[C@@H]1c1ccc(O)cc1. The first kappa shape index (κ1) is 8.53. The number of hydrogen-bond donors (Lipinski definition) is 3. The fraction of sp³-hybridized carbons (Fsp3) is 0.400. The zero-order chi connectivity index (χ0) is 9.26. The Bertz CT molecular complexity index is 283. The van der Waals surface area contributed by atoms with E-state index in [9.17, 15) is 0 Å². The van der Waals surface area contributed by atoms with Crippen LogP contribution in [0.1, 0.15) is 11.5 Å². The normalized spacial score (nSPS) is 27.8. The molecule has 1 aromatic rings. The molecule has 1 saturated heterocycles. The van der Waals surface area contributed by atoms with Crippen molar-refractivity contribution in [1.82, 2.24) is 5.32 Å². The molecular formula is C10H14N2O. The van der Waals surface area contributed by atoms with Crippen LogP contribution >= 0.6 is 0 Å². The summed E-state index contributed by atoms with van der Waals surface area (Å²) < 4.78 is 0. The Morgan fingerprint density at radius 2 is 1.92 bits per heavy atom. The van der Waals surface area contributed by atoms with Crippen molar-refractivity contribution in [3.05, 3.63) is 29.8 Å². The standard InChI is InChI=1S/C10H14N2O/c11-10-6-12-5-9(10)7-1-3-8(13)4-2-7/h1-4,9-10,12-13H,5-6,11H2/t9-,10+/m1/s1. The van der Waals surface area contributed by atoms with E-state index >= 15 is 0 Å². The molecule has 2 atom stereocenters. The van der Waals surface area contributed by atoms with Crippen molar-refractivity contribution in [2.75, 3.05) is 13.1 Å². The van der Waals surface area contributed by atoms with Gasteiger partial charge >= 0.3 is 0 Å². The van der Waals surface area contributed by atoms with Crippen molar-refractivity contribution in [3.8, 4) is 5.75 Å². The quantitative estimate of drug-likeness (QED) is 0.583. The molecule has 1 aliphatic rings.